The first-order chi connectivity index (χ1) is 23.5. The highest BCUT2D eigenvalue weighted by molar-refractivity contribution is 5.97. The van der Waals surface area contributed by atoms with E-state index < -0.39 is 96.4 Å². The molecule has 1 aromatic rings. The predicted octanol–water partition coefficient (Wildman–Crippen LogP) is -0.440. The van der Waals surface area contributed by atoms with Gasteiger partial charge in [0.1, 0.15) is 29.9 Å². The highest BCUT2D eigenvalue weighted by atomic mass is 16.4. The molecule has 0 saturated heterocycles. The number of hydrogen-bond acceptors (Lipinski definition) is 9. The molecule has 1 aromatic carbocycles. The van der Waals surface area contributed by atoms with Gasteiger partial charge in [-0.25, -0.2) is 0 Å². The smallest absolute Gasteiger partial charge is 0.305 e. The van der Waals surface area contributed by atoms with Gasteiger partial charge in [0.2, 0.25) is 35.4 Å². The Labute approximate surface area is 292 Å². The van der Waals surface area contributed by atoms with E-state index in [0.29, 0.717) is 5.56 Å². The van der Waals surface area contributed by atoms with Crippen LogP contribution in [-0.4, -0.2) is 88.4 Å². The van der Waals surface area contributed by atoms with Gasteiger partial charge in [-0.1, -0.05) is 71.9 Å². The lowest BCUT2D eigenvalue weighted by Crippen LogP contribution is -2.61. The van der Waals surface area contributed by atoms with Gasteiger partial charge in [-0.05, 0) is 48.3 Å². The number of hydrogen-bond donors (Lipinski definition) is 9. The fourth-order valence-corrected chi connectivity index (χ4v) is 5.75. The van der Waals surface area contributed by atoms with Crippen molar-refractivity contribution in [1.29, 1.82) is 0 Å². The van der Waals surface area contributed by atoms with Crippen LogP contribution in [0.15, 0.2) is 24.3 Å². The Hall–Kier alpha value is -4.73. The van der Waals surface area contributed by atoms with Crippen LogP contribution >= 0.6 is 0 Å². The molecular formula is C34H53N7O9. The van der Waals surface area contributed by atoms with Crippen LogP contribution in [-0.2, 0) is 40.0 Å². The summed E-state index contributed by atoms with van der Waals surface area (Å²) < 4.78 is 0. The van der Waals surface area contributed by atoms with E-state index in [1.807, 2.05) is 0 Å². The number of carbonyl (C=O) groups is 7. The molecule has 0 radical (unpaired) electrons. The van der Waals surface area contributed by atoms with Crippen molar-refractivity contribution in [2.45, 2.75) is 109 Å². The van der Waals surface area contributed by atoms with Gasteiger partial charge in [0.25, 0.3) is 0 Å². The first-order valence-electron chi connectivity index (χ1n) is 17.0. The monoisotopic (exact) mass is 703 g/mol. The molecule has 11 N–H and O–H groups in total. The summed E-state index contributed by atoms with van der Waals surface area (Å²) in [6.07, 6.45) is 4.19. The van der Waals surface area contributed by atoms with Gasteiger partial charge in [-0.2, -0.15) is 0 Å². The number of carboxylic acid groups (broad SMARTS) is 1. The minimum absolute atomic E-state index is 0.0560. The number of rotatable bonds is 19. The van der Waals surface area contributed by atoms with Crippen LogP contribution in [0.4, 0.5) is 0 Å². The molecule has 278 valence electrons. The number of phenols is 1. The number of aromatic hydroxyl groups is 1. The Bertz CT molecular complexity index is 1350. The number of carboxylic acids is 1. The van der Waals surface area contributed by atoms with Crippen molar-refractivity contribution >= 4 is 41.4 Å². The summed E-state index contributed by atoms with van der Waals surface area (Å²) in [7, 11) is 0. The third-order valence-electron chi connectivity index (χ3n) is 8.60. The zero-order valence-electron chi connectivity index (χ0n) is 29.2. The maximum atomic E-state index is 13.7. The lowest BCUT2D eigenvalue weighted by molar-refractivity contribution is -0.142. The second kappa shape index (κ2) is 20.1. The number of primary amides is 1. The van der Waals surface area contributed by atoms with E-state index in [4.69, 9.17) is 11.5 Å². The average Bonchev–Trinajstić information content (AvgIpc) is 3.04. The molecule has 5 atom stereocenters. The van der Waals surface area contributed by atoms with E-state index in [1.54, 1.807) is 39.8 Å². The first kappa shape index (κ1) is 41.4. The fraction of sp³-hybridized carbons (Fsp3) is 0.618. The Kier molecular flexibility index (Phi) is 16.6. The normalized spacial score (nSPS) is 16.3. The second-order valence-corrected chi connectivity index (χ2v) is 13.6. The van der Waals surface area contributed by atoms with Crippen molar-refractivity contribution in [3.63, 3.8) is 0 Å². The molecule has 1 aliphatic rings. The maximum absolute atomic E-state index is 13.7. The van der Waals surface area contributed by atoms with Crippen LogP contribution in [0.25, 0.3) is 0 Å². The van der Waals surface area contributed by atoms with Crippen molar-refractivity contribution in [3.8, 4) is 5.75 Å². The topological polar surface area (TPSA) is 272 Å². The van der Waals surface area contributed by atoms with Gasteiger partial charge in [0, 0.05) is 0 Å². The summed E-state index contributed by atoms with van der Waals surface area (Å²) in [5, 5.41) is 31.7. The zero-order valence-corrected chi connectivity index (χ0v) is 29.2. The summed E-state index contributed by atoms with van der Waals surface area (Å²) in [6.45, 7) is 6.15. The average molecular weight is 704 g/mol. The molecule has 16 heteroatoms. The number of phenolic OH excluding ortho intramolecular Hbond substituents is 1. The zero-order chi connectivity index (χ0) is 37.5. The Morgan fingerprint density at radius 1 is 0.740 bits per heavy atom. The third kappa shape index (κ3) is 14.0. The fourth-order valence-electron chi connectivity index (χ4n) is 5.75. The molecule has 1 fully saturated rings. The SMILES string of the molecule is CC(C)[C@H](NC(=O)[C@H](CC(=O)O)NC(=O)[C@@H](CC1CCCCC1)NC(=O)[C@@H](N)Cc1ccc(O)cc1)C(=O)N[C@H](C(=O)NCC(N)=O)C(C)C. The molecule has 0 spiro atoms. The molecular weight excluding hydrogens is 650 g/mol. The molecule has 0 aliphatic heterocycles. The van der Waals surface area contributed by atoms with Crippen LogP contribution in [0, 0.1) is 17.8 Å². The summed E-state index contributed by atoms with van der Waals surface area (Å²) in [4.78, 5) is 89.3. The lowest BCUT2D eigenvalue weighted by Gasteiger charge is -2.30. The van der Waals surface area contributed by atoms with E-state index >= 15 is 0 Å². The molecule has 0 aromatic heterocycles. The molecule has 1 saturated carbocycles. The van der Waals surface area contributed by atoms with Crippen molar-refractivity contribution in [1.82, 2.24) is 26.6 Å². The van der Waals surface area contributed by atoms with Crippen LogP contribution in [0.3, 0.4) is 0 Å². The van der Waals surface area contributed by atoms with Crippen molar-refractivity contribution in [2.75, 3.05) is 6.54 Å². The minimum atomic E-state index is -1.62. The second-order valence-electron chi connectivity index (χ2n) is 13.6. The molecule has 0 heterocycles. The van der Waals surface area contributed by atoms with Crippen LogP contribution < -0.4 is 38.1 Å². The van der Waals surface area contributed by atoms with Crippen LogP contribution in [0.1, 0.15) is 78.2 Å². The number of nitrogens with one attached hydrogen (secondary N) is 5. The third-order valence-corrected chi connectivity index (χ3v) is 8.60. The molecule has 50 heavy (non-hydrogen) atoms. The Morgan fingerprint density at radius 3 is 1.80 bits per heavy atom. The largest absolute Gasteiger partial charge is 0.508 e. The van der Waals surface area contributed by atoms with Gasteiger partial charge in [0.05, 0.1) is 19.0 Å². The van der Waals surface area contributed by atoms with E-state index in [0.717, 1.165) is 32.1 Å². The summed E-state index contributed by atoms with van der Waals surface area (Å²) >= 11 is 0. The molecule has 2 rings (SSSR count). The molecule has 0 unspecified atom stereocenters. The first-order valence-corrected chi connectivity index (χ1v) is 17.0. The highest BCUT2D eigenvalue weighted by Gasteiger charge is 2.35. The van der Waals surface area contributed by atoms with E-state index in [1.165, 1.54) is 12.1 Å². The summed E-state index contributed by atoms with van der Waals surface area (Å²) in [5.74, 6) is -6.73. The number of aliphatic carboxylic acids is 1. The Balaban J connectivity index is 2.23. The van der Waals surface area contributed by atoms with Crippen molar-refractivity contribution < 1.29 is 43.8 Å². The van der Waals surface area contributed by atoms with Crippen molar-refractivity contribution in [2.24, 2.45) is 29.2 Å². The van der Waals surface area contributed by atoms with E-state index in [9.17, 15) is 43.8 Å². The van der Waals surface area contributed by atoms with Crippen LogP contribution in [0.2, 0.25) is 0 Å². The minimum Gasteiger partial charge on any atom is -0.508 e. The quantitative estimate of drug-likeness (QED) is 0.0896. The summed E-state index contributed by atoms with van der Waals surface area (Å²) in [5.41, 5.74) is 12.0. The molecule has 1 aliphatic carbocycles. The molecule has 0 bridgehead atoms. The predicted molar refractivity (Wildman–Crippen MR) is 183 cm³/mol. The Morgan fingerprint density at radius 2 is 1.26 bits per heavy atom. The van der Waals surface area contributed by atoms with E-state index in [-0.39, 0.29) is 24.5 Å². The number of benzene rings is 1. The van der Waals surface area contributed by atoms with Gasteiger partial charge < -0.3 is 48.3 Å². The number of carbonyl (C=O) groups excluding carboxylic acids is 6. The van der Waals surface area contributed by atoms with Crippen LogP contribution in [0.5, 0.6) is 5.75 Å². The van der Waals surface area contributed by atoms with Gasteiger partial charge in [0.15, 0.2) is 0 Å². The highest BCUT2D eigenvalue weighted by Crippen LogP contribution is 2.27. The van der Waals surface area contributed by atoms with Crippen molar-refractivity contribution in [3.05, 3.63) is 29.8 Å². The van der Waals surface area contributed by atoms with Gasteiger partial charge in [-0.3, -0.25) is 33.6 Å². The number of amides is 6. The summed E-state index contributed by atoms with van der Waals surface area (Å²) in [6, 6.07) is 0.0549. The lowest BCUT2D eigenvalue weighted by atomic mass is 9.84. The molecule has 6 amide bonds. The maximum Gasteiger partial charge on any atom is 0.305 e. The van der Waals surface area contributed by atoms with Gasteiger partial charge in [-0.15, -0.1) is 0 Å². The van der Waals surface area contributed by atoms with E-state index in [2.05, 4.69) is 26.6 Å². The standard InChI is InChI=1S/C34H53N7O9/c1-18(2)28(33(49)37-17-26(36)43)41-34(50)29(19(3)4)40-32(48)25(16-27(44)45)39-31(47)24(15-20-8-6-5-7-9-20)38-30(46)23(35)14-21-10-12-22(42)13-11-21/h10-13,18-20,23-25,28-29,42H,5-9,14-17,35H2,1-4H3,(H2,36,43)(H,37,49)(H,38,46)(H,39,47)(H,40,48)(H,41,50)(H,44,45)/t23-,24+,25-,28-,29-/m0/s1. The number of nitrogens with two attached hydrogens (primary N) is 2. The molecule has 16 nitrogen and oxygen atoms in total. The van der Waals surface area contributed by atoms with Gasteiger partial charge >= 0.3 is 5.97 Å².